The zero-order valence-electron chi connectivity index (χ0n) is 8.70. The number of benzene rings is 1. The molecule has 1 amide bonds. The van der Waals surface area contributed by atoms with Gasteiger partial charge >= 0.3 is 0 Å². The maximum absolute atomic E-state index is 11.7. The highest BCUT2D eigenvalue weighted by Crippen LogP contribution is 2.53. The number of hydrogen-bond acceptors (Lipinski definition) is 1. The van der Waals surface area contributed by atoms with Crippen LogP contribution in [0.1, 0.15) is 37.3 Å². The van der Waals surface area contributed by atoms with Gasteiger partial charge in [-0.3, -0.25) is 4.79 Å². The molecule has 2 nitrogen and oxygen atoms in total. The molecule has 1 aromatic rings. The van der Waals surface area contributed by atoms with E-state index in [4.69, 9.17) is 0 Å². The van der Waals surface area contributed by atoms with Gasteiger partial charge < -0.3 is 5.32 Å². The van der Waals surface area contributed by atoms with Crippen LogP contribution in [0.3, 0.4) is 0 Å². The summed E-state index contributed by atoms with van der Waals surface area (Å²) < 4.78 is 0. The number of β-lactam (4-membered cyclic amide) rings is 1. The molecule has 78 valence electrons. The molecule has 2 fully saturated rings. The highest BCUT2D eigenvalue weighted by molar-refractivity contribution is 5.90. The summed E-state index contributed by atoms with van der Waals surface area (Å²) in [6.45, 7) is 0. The SMILES string of the molecule is O=C1N[C@@H](c2ccccc2)C12CCCC2. The van der Waals surface area contributed by atoms with Crippen LogP contribution in [-0.2, 0) is 4.79 Å². The van der Waals surface area contributed by atoms with Crippen molar-refractivity contribution in [2.24, 2.45) is 5.41 Å². The summed E-state index contributed by atoms with van der Waals surface area (Å²) >= 11 is 0. The Kier molecular flexibility index (Phi) is 1.84. The van der Waals surface area contributed by atoms with Crippen molar-refractivity contribution < 1.29 is 4.79 Å². The van der Waals surface area contributed by atoms with Gasteiger partial charge in [-0.25, -0.2) is 0 Å². The fourth-order valence-electron chi connectivity index (χ4n) is 3.04. The predicted octanol–water partition coefficient (Wildman–Crippen LogP) is 2.42. The molecular formula is C13H15NO. The summed E-state index contributed by atoms with van der Waals surface area (Å²) in [5.41, 5.74) is 1.21. The quantitative estimate of drug-likeness (QED) is 0.695. The van der Waals surface area contributed by atoms with E-state index in [1.54, 1.807) is 0 Å². The average Bonchev–Trinajstić information content (AvgIpc) is 2.79. The molecule has 0 unspecified atom stereocenters. The third kappa shape index (κ3) is 1.14. The largest absolute Gasteiger partial charge is 0.348 e. The minimum absolute atomic E-state index is 0.0542. The van der Waals surface area contributed by atoms with Crippen molar-refractivity contribution in [3.05, 3.63) is 35.9 Å². The van der Waals surface area contributed by atoms with Crippen LogP contribution in [0.15, 0.2) is 30.3 Å². The molecule has 2 heteroatoms. The smallest absolute Gasteiger partial charge is 0.229 e. The average molecular weight is 201 g/mol. The Bertz CT molecular complexity index is 379. The number of rotatable bonds is 1. The van der Waals surface area contributed by atoms with E-state index in [-0.39, 0.29) is 17.4 Å². The van der Waals surface area contributed by atoms with Gasteiger partial charge in [-0.2, -0.15) is 0 Å². The summed E-state index contributed by atoms with van der Waals surface area (Å²) in [5.74, 6) is 0.272. The van der Waals surface area contributed by atoms with Crippen LogP contribution in [-0.4, -0.2) is 5.91 Å². The first kappa shape index (κ1) is 8.96. The van der Waals surface area contributed by atoms with Gasteiger partial charge in [0.1, 0.15) is 0 Å². The van der Waals surface area contributed by atoms with Gasteiger partial charge in [-0.15, -0.1) is 0 Å². The second kappa shape index (κ2) is 3.09. The molecule has 15 heavy (non-hydrogen) atoms. The molecule has 0 bridgehead atoms. The minimum Gasteiger partial charge on any atom is -0.348 e. The van der Waals surface area contributed by atoms with Crippen LogP contribution in [0.25, 0.3) is 0 Å². The minimum atomic E-state index is -0.0542. The van der Waals surface area contributed by atoms with E-state index in [1.807, 2.05) is 18.2 Å². The first-order chi connectivity index (χ1) is 7.33. The Labute approximate surface area is 89.7 Å². The second-order valence-corrected chi connectivity index (χ2v) is 4.68. The fourth-order valence-corrected chi connectivity index (χ4v) is 3.04. The maximum atomic E-state index is 11.7. The second-order valence-electron chi connectivity index (χ2n) is 4.68. The zero-order valence-corrected chi connectivity index (χ0v) is 8.70. The zero-order chi connectivity index (χ0) is 10.3. The maximum Gasteiger partial charge on any atom is 0.229 e. The number of hydrogen-bond donors (Lipinski definition) is 1. The monoisotopic (exact) mass is 201 g/mol. The molecule has 1 N–H and O–H groups in total. The summed E-state index contributed by atoms with van der Waals surface area (Å²) in [5, 5.41) is 3.05. The molecule has 1 saturated heterocycles. The van der Waals surface area contributed by atoms with Crippen molar-refractivity contribution in [3.8, 4) is 0 Å². The molecule has 1 saturated carbocycles. The Hall–Kier alpha value is -1.31. The van der Waals surface area contributed by atoms with Crippen molar-refractivity contribution in [2.75, 3.05) is 0 Å². The molecular weight excluding hydrogens is 186 g/mol. The van der Waals surface area contributed by atoms with Crippen LogP contribution in [0.4, 0.5) is 0 Å². The Morgan fingerprint density at radius 2 is 1.80 bits per heavy atom. The van der Waals surface area contributed by atoms with Gasteiger partial charge in [-0.05, 0) is 18.4 Å². The number of amides is 1. The van der Waals surface area contributed by atoms with Crippen molar-refractivity contribution in [1.82, 2.24) is 5.32 Å². The Morgan fingerprint density at radius 1 is 1.13 bits per heavy atom. The lowest BCUT2D eigenvalue weighted by molar-refractivity contribution is -0.145. The van der Waals surface area contributed by atoms with Crippen LogP contribution in [0.2, 0.25) is 0 Å². The van der Waals surface area contributed by atoms with Gasteiger partial charge in [0.2, 0.25) is 5.91 Å². The molecule has 1 heterocycles. The highest BCUT2D eigenvalue weighted by atomic mass is 16.2. The predicted molar refractivity (Wildman–Crippen MR) is 58.2 cm³/mol. The van der Waals surface area contributed by atoms with E-state index in [0.29, 0.717) is 0 Å². The van der Waals surface area contributed by atoms with Crippen LogP contribution in [0.5, 0.6) is 0 Å². The van der Waals surface area contributed by atoms with Crippen molar-refractivity contribution in [3.63, 3.8) is 0 Å². The number of carbonyl (C=O) groups is 1. The van der Waals surface area contributed by atoms with Crippen molar-refractivity contribution >= 4 is 5.91 Å². The van der Waals surface area contributed by atoms with Gasteiger partial charge in [-0.1, -0.05) is 43.2 Å². The van der Waals surface area contributed by atoms with Crippen LogP contribution >= 0.6 is 0 Å². The van der Waals surface area contributed by atoms with E-state index in [0.717, 1.165) is 12.8 Å². The van der Waals surface area contributed by atoms with Gasteiger partial charge in [0.05, 0.1) is 11.5 Å². The third-order valence-electron chi connectivity index (χ3n) is 3.91. The van der Waals surface area contributed by atoms with Crippen molar-refractivity contribution in [2.45, 2.75) is 31.7 Å². The fraction of sp³-hybridized carbons (Fsp3) is 0.462. The van der Waals surface area contributed by atoms with E-state index >= 15 is 0 Å². The molecule has 3 rings (SSSR count). The lowest BCUT2D eigenvalue weighted by Crippen LogP contribution is -2.59. The normalized spacial score (nSPS) is 27.5. The summed E-state index contributed by atoms with van der Waals surface area (Å²) in [6, 6.07) is 10.6. The van der Waals surface area contributed by atoms with E-state index in [1.165, 1.54) is 18.4 Å². The lowest BCUT2D eigenvalue weighted by Gasteiger charge is -2.46. The standard InChI is InChI=1S/C13H15NO/c15-12-13(8-4-5-9-13)11(14-12)10-6-2-1-3-7-10/h1-3,6-7,11H,4-5,8-9H2,(H,14,15)/t11-/m0/s1. The number of carbonyl (C=O) groups excluding carboxylic acids is 1. The van der Waals surface area contributed by atoms with Gasteiger partial charge in [0.15, 0.2) is 0 Å². The highest BCUT2D eigenvalue weighted by Gasteiger charge is 2.56. The third-order valence-corrected chi connectivity index (χ3v) is 3.91. The van der Waals surface area contributed by atoms with E-state index in [2.05, 4.69) is 17.4 Å². The summed E-state index contributed by atoms with van der Waals surface area (Å²) in [7, 11) is 0. The first-order valence-corrected chi connectivity index (χ1v) is 5.69. The summed E-state index contributed by atoms with van der Waals surface area (Å²) in [4.78, 5) is 11.7. The van der Waals surface area contributed by atoms with Crippen LogP contribution < -0.4 is 5.32 Å². The van der Waals surface area contributed by atoms with Gasteiger partial charge in [0, 0.05) is 0 Å². The molecule has 1 atom stereocenters. The molecule has 1 aromatic carbocycles. The van der Waals surface area contributed by atoms with Gasteiger partial charge in [0.25, 0.3) is 0 Å². The van der Waals surface area contributed by atoms with E-state index in [9.17, 15) is 4.79 Å². The first-order valence-electron chi connectivity index (χ1n) is 5.69. The van der Waals surface area contributed by atoms with Crippen LogP contribution in [0, 0.1) is 5.41 Å². The molecule has 2 aliphatic rings. The summed E-state index contributed by atoms with van der Waals surface area (Å²) in [6.07, 6.45) is 4.55. The molecule has 0 aromatic heterocycles. The lowest BCUT2D eigenvalue weighted by atomic mass is 9.68. The van der Waals surface area contributed by atoms with E-state index < -0.39 is 0 Å². The topological polar surface area (TPSA) is 29.1 Å². The molecule has 1 aliphatic carbocycles. The molecule has 0 radical (unpaired) electrons. The Balaban J connectivity index is 1.93. The number of nitrogens with one attached hydrogen (secondary N) is 1. The molecule has 1 aliphatic heterocycles. The Morgan fingerprint density at radius 3 is 2.40 bits per heavy atom. The van der Waals surface area contributed by atoms with Crippen molar-refractivity contribution in [1.29, 1.82) is 0 Å². The molecule has 1 spiro atoms.